The fourth-order valence-electron chi connectivity index (χ4n) is 2.63. The molecule has 116 valence electrons. The molecule has 2 N–H and O–H groups in total. The molecule has 0 saturated heterocycles. The third-order valence-electron chi connectivity index (χ3n) is 3.80. The van der Waals surface area contributed by atoms with E-state index in [9.17, 15) is 4.79 Å². The van der Waals surface area contributed by atoms with Crippen LogP contribution in [0.5, 0.6) is 5.75 Å². The van der Waals surface area contributed by atoms with Crippen LogP contribution in [0.15, 0.2) is 48.7 Å². The van der Waals surface area contributed by atoms with E-state index in [0.717, 1.165) is 12.2 Å². The van der Waals surface area contributed by atoms with E-state index in [1.165, 1.54) is 0 Å². The summed E-state index contributed by atoms with van der Waals surface area (Å²) in [6.45, 7) is 2.60. The minimum atomic E-state index is -0.165. The van der Waals surface area contributed by atoms with Crippen LogP contribution in [0, 0.1) is 0 Å². The maximum atomic E-state index is 12.1. The van der Waals surface area contributed by atoms with Gasteiger partial charge in [0.2, 0.25) is 0 Å². The SMILES string of the molecule is CCO[C@@H]1C[C@@H](NC(=O)c2ccc[nH]2)[C@@H]1Oc1ccccc1. The molecule has 0 radical (unpaired) electrons. The number of hydrogen-bond acceptors (Lipinski definition) is 3. The molecule has 1 aromatic heterocycles. The van der Waals surface area contributed by atoms with E-state index in [1.807, 2.05) is 37.3 Å². The molecule has 0 bridgehead atoms. The van der Waals surface area contributed by atoms with Crippen LogP contribution in [-0.4, -0.2) is 35.7 Å². The highest BCUT2D eigenvalue weighted by atomic mass is 16.5. The van der Waals surface area contributed by atoms with Gasteiger partial charge in [0.15, 0.2) is 0 Å². The number of hydrogen-bond donors (Lipinski definition) is 2. The van der Waals surface area contributed by atoms with Crippen molar-refractivity contribution in [1.82, 2.24) is 10.3 Å². The standard InChI is InChI=1S/C17H20N2O3/c1-2-21-15-11-14(19-17(20)13-9-6-10-18-13)16(15)22-12-7-4-3-5-8-12/h3-10,14-16,18H,2,11H2,1H3,(H,19,20)/t14-,15-,16+/m1/s1. The zero-order chi connectivity index (χ0) is 15.4. The number of nitrogens with one attached hydrogen (secondary N) is 2. The van der Waals surface area contributed by atoms with Gasteiger partial charge < -0.3 is 19.8 Å². The van der Waals surface area contributed by atoms with Crippen molar-refractivity contribution in [3.8, 4) is 5.75 Å². The van der Waals surface area contributed by atoms with Crippen molar-refractivity contribution >= 4 is 5.91 Å². The third kappa shape index (κ3) is 3.14. The molecule has 0 unspecified atom stereocenters. The van der Waals surface area contributed by atoms with Crippen LogP contribution in [-0.2, 0) is 4.74 Å². The zero-order valence-corrected chi connectivity index (χ0v) is 12.5. The highest BCUT2D eigenvalue weighted by Gasteiger charge is 2.44. The number of carbonyl (C=O) groups is 1. The number of aromatic amines is 1. The van der Waals surface area contributed by atoms with E-state index in [1.54, 1.807) is 18.3 Å². The summed E-state index contributed by atoms with van der Waals surface area (Å²) in [4.78, 5) is 15.0. The van der Waals surface area contributed by atoms with E-state index in [4.69, 9.17) is 9.47 Å². The Kier molecular flexibility index (Phi) is 4.44. The Morgan fingerprint density at radius 3 is 2.77 bits per heavy atom. The second-order valence-corrected chi connectivity index (χ2v) is 5.29. The molecular weight excluding hydrogens is 280 g/mol. The van der Waals surface area contributed by atoms with Crippen molar-refractivity contribution in [2.24, 2.45) is 0 Å². The number of carbonyl (C=O) groups excluding carboxylic acids is 1. The minimum absolute atomic E-state index is 0.0131. The van der Waals surface area contributed by atoms with Crippen LogP contribution in [0.3, 0.4) is 0 Å². The molecule has 5 heteroatoms. The van der Waals surface area contributed by atoms with Crippen LogP contribution in [0.1, 0.15) is 23.8 Å². The summed E-state index contributed by atoms with van der Waals surface area (Å²) < 4.78 is 11.7. The number of H-pyrrole nitrogens is 1. The van der Waals surface area contributed by atoms with Crippen molar-refractivity contribution in [2.75, 3.05) is 6.61 Å². The molecule has 3 rings (SSSR count). The van der Waals surface area contributed by atoms with E-state index in [0.29, 0.717) is 12.3 Å². The predicted octanol–water partition coefficient (Wildman–Crippen LogP) is 2.37. The van der Waals surface area contributed by atoms with Crippen LogP contribution >= 0.6 is 0 Å². The molecule has 2 aromatic rings. The third-order valence-corrected chi connectivity index (χ3v) is 3.80. The lowest BCUT2D eigenvalue weighted by atomic mass is 9.85. The Labute approximate surface area is 129 Å². The molecule has 0 aliphatic heterocycles. The van der Waals surface area contributed by atoms with Crippen LogP contribution in [0.2, 0.25) is 0 Å². The average molecular weight is 300 g/mol. The summed E-state index contributed by atoms with van der Waals surface area (Å²) >= 11 is 0. The molecule has 1 aliphatic rings. The molecule has 22 heavy (non-hydrogen) atoms. The summed E-state index contributed by atoms with van der Waals surface area (Å²) in [6.07, 6.45) is 2.34. The Morgan fingerprint density at radius 2 is 2.09 bits per heavy atom. The van der Waals surface area contributed by atoms with Crippen LogP contribution in [0.4, 0.5) is 0 Å². The van der Waals surface area contributed by atoms with Gasteiger partial charge in [0.05, 0.1) is 12.1 Å². The van der Waals surface area contributed by atoms with Gasteiger partial charge in [-0.15, -0.1) is 0 Å². The molecular formula is C17H20N2O3. The number of aromatic nitrogens is 1. The normalized spacial score (nSPS) is 23.6. The van der Waals surface area contributed by atoms with Gasteiger partial charge in [0.25, 0.3) is 5.91 Å². The van der Waals surface area contributed by atoms with Crippen molar-refractivity contribution < 1.29 is 14.3 Å². The van der Waals surface area contributed by atoms with Gasteiger partial charge in [-0.2, -0.15) is 0 Å². The van der Waals surface area contributed by atoms with E-state index >= 15 is 0 Å². The van der Waals surface area contributed by atoms with Crippen molar-refractivity contribution in [3.63, 3.8) is 0 Å². The topological polar surface area (TPSA) is 63.3 Å². The van der Waals surface area contributed by atoms with E-state index in [-0.39, 0.29) is 24.2 Å². The second-order valence-electron chi connectivity index (χ2n) is 5.29. The number of amides is 1. The van der Waals surface area contributed by atoms with Gasteiger partial charge in [-0.1, -0.05) is 18.2 Å². The fourth-order valence-corrected chi connectivity index (χ4v) is 2.63. The Balaban J connectivity index is 1.64. The van der Waals surface area contributed by atoms with E-state index in [2.05, 4.69) is 10.3 Å². The summed E-state index contributed by atoms with van der Waals surface area (Å²) in [7, 11) is 0. The maximum Gasteiger partial charge on any atom is 0.268 e. The summed E-state index contributed by atoms with van der Waals surface area (Å²) in [5.74, 6) is 0.669. The number of rotatable bonds is 6. The van der Waals surface area contributed by atoms with Gasteiger partial charge >= 0.3 is 0 Å². The summed E-state index contributed by atoms with van der Waals surface area (Å²) in [6, 6.07) is 13.1. The monoisotopic (exact) mass is 300 g/mol. The highest BCUT2D eigenvalue weighted by molar-refractivity contribution is 5.92. The molecule has 1 heterocycles. The number of benzene rings is 1. The largest absolute Gasteiger partial charge is 0.486 e. The zero-order valence-electron chi connectivity index (χ0n) is 12.5. The Hall–Kier alpha value is -2.27. The molecule has 1 saturated carbocycles. The lowest BCUT2D eigenvalue weighted by molar-refractivity contribution is -0.0995. The lowest BCUT2D eigenvalue weighted by Crippen LogP contribution is -2.62. The molecule has 3 atom stereocenters. The van der Waals surface area contributed by atoms with E-state index < -0.39 is 0 Å². The van der Waals surface area contributed by atoms with Crippen molar-refractivity contribution in [1.29, 1.82) is 0 Å². The van der Waals surface area contributed by atoms with Crippen LogP contribution < -0.4 is 10.1 Å². The van der Waals surface area contributed by atoms with Crippen molar-refractivity contribution in [2.45, 2.75) is 31.6 Å². The molecule has 1 fully saturated rings. The minimum Gasteiger partial charge on any atom is -0.486 e. The Morgan fingerprint density at radius 1 is 1.27 bits per heavy atom. The first-order valence-corrected chi connectivity index (χ1v) is 7.55. The van der Waals surface area contributed by atoms with Gasteiger partial charge in [0.1, 0.15) is 17.5 Å². The fraction of sp³-hybridized carbons (Fsp3) is 0.353. The van der Waals surface area contributed by atoms with Gasteiger partial charge in [0, 0.05) is 19.2 Å². The highest BCUT2D eigenvalue weighted by Crippen LogP contribution is 2.29. The predicted molar refractivity (Wildman–Crippen MR) is 82.9 cm³/mol. The molecule has 0 spiro atoms. The number of para-hydroxylation sites is 1. The first-order chi connectivity index (χ1) is 10.8. The first kappa shape index (κ1) is 14.7. The van der Waals surface area contributed by atoms with Gasteiger partial charge in [-0.05, 0) is 31.2 Å². The quantitative estimate of drug-likeness (QED) is 0.861. The molecule has 1 aliphatic carbocycles. The van der Waals surface area contributed by atoms with Gasteiger partial charge in [-0.3, -0.25) is 4.79 Å². The van der Waals surface area contributed by atoms with Crippen LogP contribution in [0.25, 0.3) is 0 Å². The second kappa shape index (κ2) is 6.66. The lowest BCUT2D eigenvalue weighted by Gasteiger charge is -2.43. The number of ether oxygens (including phenoxy) is 2. The smallest absolute Gasteiger partial charge is 0.268 e. The average Bonchev–Trinajstić information content (AvgIpc) is 3.07. The van der Waals surface area contributed by atoms with Gasteiger partial charge in [-0.25, -0.2) is 0 Å². The first-order valence-electron chi connectivity index (χ1n) is 7.55. The molecule has 1 aromatic carbocycles. The Bertz CT molecular complexity index is 598. The maximum absolute atomic E-state index is 12.1. The van der Waals surface area contributed by atoms with Crippen molar-refractivity contribution in [3.05, 3.63) is 54.4 Å². The summed E-state index contributed by atoms with van der Waals surface area (Å²) in [5.41, 5.74) is 0.554. The summed E-state index contributed by atoms with van der Waals surface area (Å²) in [5, 5.41) is 3.00. The molecule has 5 nitrogen and oxygen atoms in total. The molecule has 1 amide bonds.